The highest BCUT2D eigenvalue weighted by Crippen LogP contribution is 2.24. The number of aromatic hydroxyl groups is 1. The number of halogens is 5. The molecular weight excluding hydrogens is 767 g/mol. The van der Waals surface area contributed by atoms with Crippen molar-refractivity contribution in [1.29, 1.82) is 0 Å². The van der Waals surface area contributed by atoms with Gasteiger partial charge in [-0.15, -0.1) is 0 Å². The van der Waals surface area contributed by atoms with Gasteiger partial charge in [-0.2, -0.15) is 0 Å². The molecule has 14 nitrogen and oxygen atoms in total. The number of hydrogen-bond acceptors (Lipinski definition) is 10. The Bertz CT molecular complexity index is 1950. The molecule has 1 unspecified atom stereocenters. The van der Waals surface area contributed by atoms with E-state index in [0.29, 0.717) is 11.1 Å². The van der Waals surface area contributed by atoms with Crippen molar-refractivity contribution in [3.63, 3.8) is 0 Å². The minimum Gasteiger partial charge on any atom is -0.508 e. The molecule has 0 aliphatic carbocycles. The van der Waals surface area contributed by atoms with Crippen molar-refractivity contribution in [3.05, 3.63) is 100 Å². The Labute approximate surface area is 322 Å². The van der Waals surface area contributed by atoms with Crippen molar-refractivity contribution >= 4 is 41.4 Å². The van der Waals surface area contributed by atoms with E-state index < -0.39 is 119 Å². The molecule has 19 heteroatoms. The van der Waals surface area contributed by atoms with E-state index in [4.69, 9.17) is 4.74 Å². The Morgan fingerprint density at radius 3 is 1.79 bits per heavy atom. The molecule has 0 fully saturated rings. The van der Waals surface area contributed by atoms with Crippen molar-refractivity contribution in [3.8, 4) is 5.75 Å². The predicted molar refractivity (Wildman–Crippen MR) is 188 cm³/mol. The van der Waals surface area contributed by atoms with Gasteiger partial charge in [0.15, 0.2) is 35.7 Å². The third-order valence-electron chi connectivity index (χ3n) is 8.15. The van der Waals surface area contributed by atoms with Gasteiger partial charge in [0.2, 0.25) is 29.4 Å². The number of hydrogen-bond donors (Lipinski definition) is 5. The smallest absolute Gasteiger partial charge is 0.344 e. The number of amides is 4. The van der Waals surface area contributed by atoms with E-state index >= 15 is 0 Å². The first kappa shape index (κ1) is 45.0. The van der Waals surface area contributed by atoms with Crippen LogP contribution in [0.5, 0.6) is 5.75 Å². The number of carbonyl (C=O) groups is 7. The molecule has 3 rings (SSSR count). The normalized spacial score (nSPS) is 13.0. The van der Waals surface area contributed by atoms with E-state index in [9.17, 15) is 60.6 Å². The summed E-state index contributed by atoms with van der Waals surface area (Å²) in [5.41, 5.74) is -0.881. The molecule has 3 aromatic rings. The molecule has 3 aromatic carbocycles. The van der Waals surface area contributed by atoms with Crippen molar-refractivity contribution in [1.82, 2.24) is 21.3 Å². The predicted octanol–water partition coefficient (Wildman–Crippen LogP) is 2.82. The minimum atomic E-state index is -2.54. The van der Waals surface area contributed by atoms with Gasteiger partial charge in [0, 0.05) is 13.3 Å². The fourth-order valence-corrected chi connectivity index (χ4v) is 5.08. The third-order valence-corrected chi connectivity index (χ3v) is 8.15. The average Bonchev–Trinajstić information content (AvgIpc) is 3.16. The number of rotatable bonds is 18. The number of carbonyl (C=O) groups excluding carboxylic acids is 7. The fraction of sp³-hybridized carbons (Fsp3) is 0.342. The van der Waals surface area contributed by atoms with Crippen molar-refractivity contribution < 1.29 is 70.1 Å². The SMILES string of the molecule is CC(=O)N[C@@H](Cc1ccc(O)cc1)C(=O)N[C@H](C(=O)N[C@@H](C)C(=O)NC(CC(=O)OCc1ccccc1)C(=O)COC(=O)c1c(F)c(F)c(F)c(F)c1F)C(C)C. The maximum atomic E-state index is 14.2. The molecule has 0 aromatic heterocycles. The van der Waals surface area contributed by atoms with Gasteiger partial charge in [-0.1, -0.05) is 56.3 Å². The van der Waals surface area contributed by atoms with Gasteiger partial charge < -0.3 is 35.8 Å². The summed E-state index contributed by atoms with van der Waals surface area (Å²) >= 11 is 0. The Balaban J connectivity index is 1.74. The monoisotopic (exact) mass is 806 g/mol. The lowest BCUT2D eigenvalue weighted by Crippen LogP contribution is -2.58. The number of ether oxygens (including phenoxy) is 2. The number of ketones is 1. The Morgan fingerprint density at radius 1 is 0.649 bits per heavy atom. The molecule has 57 heavy (non-hydrogen) atoms. The molecule has 0 aliphatic heterocycles. The number of Topliss-reactive ketones (excluding diaryl/α,β-unsaturated/α-hetero) is 1. The van der Waals surface area contributed by atoms with Crippen LogP contribution in [0.3, 0.4) is 0 Å². The lowest BCUT2D eigenvalue weighted by molar-refractivity contribution is -0.147. The summed E-state index contributed by atoms with van der Waals surface area (Å²) in [7, 11) is 0. The van der Waals surface area contributed by atoms with E-state index in [1.807, 2.05) is 0 Å². The van der Waals surface area contributed by atoms with Gasteiger partial charge in [-0.25, -0.2) is 26.7 Å². The lowest BCUT2D eigenvalue weighted by Gasteiger charge is -2.27. The van der Waals surface area contributed by atoms with Crippen LogP contribution >= 0.6 is 0 Å². The summed E-state index contributed by atoms with van der Waals surface area (Å²) < 4.78 is 78.7. The molecule has 4 amide bonds. The van der Waals surface area contributed by atoms with E-state index in [1.165, 1.54) is 38.1 Å². The molecule has 0 bridgehead atoms. The fourth-order valence-electron chi connectivity index (χ4n) is 5.08. The zero-order valence-electron chi connectivity index (χ0n) is 30.9. The zero-order chi connectivity index (χ0) is 42.6. The summed E-state index contributed by atoms with van der Waals surface area (Å²) in [5, 5.41) is 19.1. The van der Waals surface area contributed by atoms with Crippen LogP contribution < -0.4 is 21.3 Å². The van der Waals surface area contributed by atoms with Crippen LogP contribution in [0.1, 0.15) is 55.6 Å². The molecule has 4 atom stereocenters. The third kappa shape index (κ3) is 12.8. The second-order valence-electron chi connectivity index (χ2n) is 13.0. The minimum absolute atomic E-state index is 0.0169. The van der Waals surface area contributed by atoms with Crippen molar-refractivity contribution in [2.45, 2.75) is 71.3 Å². The average molecular weight is 807 g/mol. The van der Waals surface area contributed by atoms with Crippen LogP contribution in [0, 0.1) is 35.0 Å². The lowest BCUT2D eigenvalue weighted by atomic mass is 10.0. The van der Waals surface area contributed by atoms with Crippen LogP contribution in [0.4, 0.5) is 22.0 Å². The molecular formula is C38H39F5N4O10. The summed E-state index contributed by atoms with van der Waals surface area (Å²) in [6, 6.07) is 8.25. The number of benzene rings is 3. The maximum Gasteiger partial charge on any atom is 0.344 e. The van der Waals surface area contributed by atoms with E-state index in [0.717, 1.165) is 0 Å². The molecule has 306 valence electrons. The highest BCUT2D eigenvalue weighted by atomic mass is 19.2. The Morgan fingerprint density at radius 2 is 1.23 bits per heavy atom. The number of phenols is 1. The van der Waals surface area contributed by atoms with Gasteiger partial charge in [-0.05, 0) is 36.1 Å². The van der Waals surface area contributed by atoms with Crippen molar-refractivity contribution in [2.24, 2.45) is 5.92 Å². The van der Waals surface area contributed by atoms with Gasteiger partial charge in [0.1, 0.15) is 42.1 Å². The Hall–Kier alpha value is -6.40. The number of esters is 2. The standard InChI is InChI=1S/C38H39F5N4O10/c1-18(2)34(47-36(53)25(45-20(4)48)14-21-10-12-23(49)13-11-21)37(54)44-19(3)35(52)46-24(15-27(51)56-16-22-8-6-5-7-9-22)26(50)17-57-38(55)28-29(39)31(41)33(43)32(42)30(28)40/h5-13,18-19,24-25,34,49H,14-17H2,1-4H3,(H,44,54)(H,45,48)(H,46,52)(H,47,53)/t19-,24?,25-,34-/m0/s1. The molecule has 5 N–H and O–H groups in total. The zero-order valence-corrected chi connectivity index (χ0v) is 30.9. The molecule has 0 radical (unpaired) electrons. The molecule has 0 heterocycles. The first-order valence-electron chi connectivity index (χ1n) is 17.2. The molecule has 0 aliphatic rings. The van der Waals surface area contributed by atoms with Gasteiger partial charge in [0.25, 0.3) is 0 Å². The highest BCUT2D eigenvalue weighted by Gasteiger charge is 2.34. The van der Waals surface area contributed by atoms with Crippen LogP contribution in [-0.4, -0.2) is 77.2 Å². The molecule has 0 spiro atoms. The van der Waals surface area contributed by atoms with Gasteiger partial charge in [-0.3, -0.25) is 28.8 Å². The highest BCUT2D eigenvalue weighted by molar-refractivity contribution is 5.98. The number of nitrogens with one attached hydrogen (secondary N) is 4. The topological polar surface area (TPSA) is 206 Å². The first-order valence-corrected chi connectivity index (χ1v) is 17.2. The molecule has 0 saturated heterocycles. The van der Waals surface area contributed by atoms with Gasteiger partial charge >= 0.3 is 11.9 Å². The second-order valence-corrected chi connectivity index (χ2v) is 13.0. The van der Waals surface area contributed by atoms with E-state index in [2.05, 4.69) is 26.0 Å². The van der Waals surface area contributed by atoms with Crippen LogP contribution in [0.25, 0.3) is 0 Å². The van der Waals surface area contributed by atoms with Gasteiger partial charge in [0.05, 0.1) is 6.42 Å². The van der Waals surface area contributed by atoms with Crippen LogP contribution in [0.15, 0.2) is 54.6 Å². The van der Waals surface area contributed by atoms with E-state index in [1.54, 1.807) is 44.2 Å². The largest absolute Gasteiger partial charge is 0.508 e. The first-order chi connectivity index (χ1) is 26.8. The molecule has 0 saturated carbocycles. The van der Waals surface area contributed by atoms with Crippen molar-refractivity contribution in [2.75, 3.05) is 6.61 Å². The summed E-state index contributed by atoms with van der Waals surface area (Å²) in [5.74, 6) is -20.9. The summed E-state index contributed by atoms with van der Waals surface area (Å²) in [4.78, 5) is 90.1. The maximum absolute atomic E-state index is 14.2. The Kier molecular flexibility index (Phi) is 16.2. The summed E-state index contributed by atoms with van der Waals surface area (Å²) in [6.07, 6.45) is -0.925. The number of phenolic OH excluding ortho intramolecular Hbond substituents is 1. The quantitative estimate of drug-likeness (QED) is 0.0550. The van der Waals surface area contributed by atoms with Crippen LogP contribution in [-0.2, 0) is 51.3 Å². The second kappa shape index (κ2) is 20.5. The van der Waals surface area contributed by atoms with Crippen LogP contribution in [0.2, 0.25) is 0 Å². The van der Waals surface area contributed by atoms with E-state index in [-0.39, 0.29) is 18.8 Å². The summed E-state index contributed by atoms with van der Waals surface area (Å²) in [6.45, 7) is 3.81.